The number of carbonyl (C=O) groups excluding carboxylic acids is 1. The number of hydrogen-bond acceptors (Lipinski definition) is 3. The molecule has 1 aliphatic carbocycles. The van der Waals surface area contributed by atoms with E-state index in [1.165, 1.54) is 0 Å². The van der Waals surface area contributed by atoms with Crippen molar-refractivity contribution >= 4 is 40.9 Å². The normalized spacial score (nSPS) is 25.9. The molecular formula is C14H18Cl2N2OS. The first-order valence-electron chi connectivity index (χ1n) is 6.63. The van der Waals surface area contributed by atoms with Crippen LogP contribution >= 0.6 is 35.0 Å². The second-order valence-corrected chi connectivity index (χ2v) is 7.22. The van der Waals surface area contributed by atoms with E-state index in [1.54, 1.807) is 23.9 Å². The fourth-order valence-electron chi connectivity index (χ4n) is 2.66. The van der Waals surface area contributed by atoms with Crippen molar-refractivity contribution in [2.45, 2.75) is 41.9 Å². The maximum atomic E-state index is 11.7. The van der Waals surface area contributed by atoms with Gasteiger partial charge in [-0.2, -0.15) is 0 Å². The van der Waals surface area contributed by atoms with Crippen LogP contribution in [-0.2, 0) is 4.79 Å². The van der Waals surface area contributed by atoms with Gasteiger partial charge in [0.25, 0.3) is 0 Å². The first-order chi connectivity index (χ1) is 9.47. The molecule has 0 heterocycles. The zero-order chi connectivity index (χ0) is 14.8. The van der Waals surface area contributed by atoms with Crippen LogP contribution in [0, 0.1) is 0 Å². The van der Waals surface area contributed by atoms with Crippen molar-refractivity contribution in [2.75, 3.05) is 6.54 Å². The first-order valence-corrected chi connectivity index (χ1v) is 8.27. The van der Waals surface area contributed by atoms with Gasteiger partial charge in [-0.05, 0) is 44.0 Å². The highest BCUT2D eigenvalue weighted by atomic mass is 35.5. The minimum absolute atomic E-state index is 0.264. The molecule has 1 aromatic rings. The number of rotatable bonds is 5. The van der Waals surface area contributed by atoms with Crippen molar-refractivity contribution in [3.8, 4) is 0 Å². The molecule has 0 spiro atoms. The standard InChI is InChI=1S/C14H18Cl2N2OS/c1-2-18-14(13(17)19)6-5-10(8-14)20-12-7-9(15)3-4-11(12)16/h3-4,7,10,18H,2,5-6,8H2,1H3,(H2,17,19). The van der Waals surface area contributed by atoms with Gasteiger partial charge in [0.1, 0.15) is 0 Å². The molecule has 1 aromatic carbocycles. The third-order valence-electron chi connectivity index (χ3n) is 3.64. The van der Waals surface area contributed by atoms with Crippen LogP contribution in [-0.4, -0.2) is 23.2 Å². The van der Waals surface area contributed by atoms with Gasteiger partial charge in [-0.15, -0.1) is 11.8 Å². The molecule has 6 heteroatoms. The summed E-state index contributed by atoms with van der Waals surface area (Å²) < 4.78 is 0. The Kier molecular flexibility index (Phi) is 5.24. The lowest BCUT2D eigenvalue weighted by Crippen LogP contribution is -2.53. The number of benzene rings is 1. The van der Waals surface area contributed by atoms with Gasteiger partial charge in [-0.1, -0.05) is 30.1 Å². The summed E-state index contributed by atoms with van der Waals surface area (Å²) in [6.07, 6.45) is 2.43. The molecule has 0 saturated heterocycles. The van der Waals surface area contributed by atoms with Crippen LogP contribution in [0.1, 0.15) is 26.2 Å². The molecule has 110 valence electrons. The average Bonchev–Trinajstić information content (AvgIpc) is 2.79. The van der Waals surface area contributed by atoms with Crippen molar-refractivity contribution in [1.82, 2.24) is 5.32 Å². The Balaban J connectivity index is 2.09. The molecule has 1 amide bonds. The van der Waals surface area contributed by atoms with Crippen LogP contribution in [0.2, 0.25) is 10.0 Å². The first kappa shape index (κ1) is 16.0. The van der Waals surface area contributed by atoms with Crippen molar-refractivity contribution in [3.63, 3.8) is 0 Å². The van der Waals surface area contributed by atoms with E-state index in [1.807, 2.05) is 13.0 Å². The summed E-state index contributed by atoms with van der Waals surface area (Å²) in [5.74, 6) is -0.264. The number of likely N-dealkylation sites (N-methyl/N-ethyl adjacent to an activating group) is 1. The maximum absolute atomic E-state index is 11.7. The molecule has 2 rings (SSSR count). The van der Waals surface area contributed by atoms with E-state index in [4.69, 9.17) is 28.9 Å². The Labute approximate surface area is 133 Å². The molecule has 1 fully saturated rings. The summed E-state index contributed by atoms with van der Waals surface area (Å²) in [6, 6.07) is 5.44. The molecule has 20 heavy (non-hydrogen) atoms. The zero-order valence-electron chi connectivity index (χ0n) is 11.3. The number of halogens is 2. The van der Waals surface area contributed by atoms with E-state index < -0.39 is 5.54 Å². The van der Waals surface area contributed by atoms with Gasteiger partial charge in [0, 0.05) is 15.2 Å². The highest BCUT2D eigenvalue weighted by Crippen LogP contribution is 2.42. The van der Waals surface area contributed by atoms with Gasteiger partial charge < -0.3 is 11.1 Å². The molecule has 0 aromatic heterocycles. The lowest BCUT2D eigenvalue weighted by atomic mass is 9.97. The topological polar surface area (TPSA) is 55.1 Å². The predicted octanol–water partition coefficient (Wildman–Crippen LogP) is 3.47. The van der Waals surface area contributed by atoms with E-state index >= 15 is 0 Å². The Bertz CT molecular complexity index is 512. The zero-order valence-corrected chi connectivity index (χ0v) is 13.6. The Morgan fingerprint density at radius 1 is 1.55 bits per heavy atom. The number of hydrogen-bond donors (Lipinski definition) is 2. The van der Waals surface area contributed by atoms with Crippen LogP contribution in [0.25, 0.3) is 0 Å². The van der Waals surface area contributed by atoms with Crippen LogP contribution in [0.5, 0.6) is 0 Å². The lowest BCUT2D eigenvalue weighted by molar-refractivity contribution is -0.124. The molecule has 3 N–H and O–H groups in total. The van der Waals surface area contributed by atoms with Crippen molar-refractivity contribution in [2.24, 2.45) is 5.73 Å². The van der Waals surface area contributed by atoms with Gasteiger partial charge in [-0.3, -0.25) is 4.79 Å². The second-order valence-electron chi connectivity index (χ2n) is 5.03. The molecule has 1 aliphatic rings. The molecular weight excluding hydrogens is 315 g/mol. The van der Waals surface area contributed by atoms with Crippen molar-refractivity contribution in [3.05, 3.63) is 28.2 Å². The minimum atomic E-state index is -0.572. The third kappa shape index (κ3) is 3.42. The monoisotopic (exact) mass is 332 g/mol. The fraction of sp³-hybridized carbons (Fsp3) is 0.500. The largest absolute Gasteiger partial charge is 0.368 e. The molecule has 0 bridgehead atoms. The Morgan fingerprint density at radius 2 is 2.30 bits per heavy atom. The maximum Gasteiger partial charge on any atom is 0.237 e. The summed E-state index contributed by atoms with van der Waals surface area (Å²) in [5, 5.41) is 4.93. The molecule has 1 saturated carbocycles. The van der Waals surface area contributed by atoms with E-state index in [0.717, 1.165) is 30.7 Å². The fourth-order valence-corrected chi connectivity index (χ4v) is 4.48. The summed E-state index contributed by atoms with van der Waals surface area (Å²) in [4.78, 5) is 12.7. The highest BCUT2D eigenvalue weighted by molar-refractivity contribution is 8.00. The van der Waals surface area contributed by atoms with Gasteiger partial charge in [0.15, 0.2) is 0 Å². The van der Waals surface area contributed by atoms with E-state index in [0.29, 0.717) is 15.3 Å². The summed E-state index contributed by atoms with van der Waals surface area (Å²) in [7, 11) is 0. The second kappa shape index (κ2) is 6.56. The van der Waals surface area contributed by atoms with Gasteiger partial charge in [-0.25, -0.2) is 0 Å². The molecule has 0 aliphatic heterocycles. The number of carbonyl (C=O) groups is 1. The van der Waals surface area contributed by atoms with Crippen molar-refractivity contribution in [1.29, 1.82) is 0 Å². The number of nitrogens with one attached hydrogen (secondary N) is 1. The molecule has 0 radical (unpaired) electrons. The smallest absolute Gasteiger partial charge is 0.237 e. The minimum Gasteiger partial charge on any atom is -0.368 e. The van der Waals surface area contributed by atoms with Crippen LogP contribution in [0.4, 0.5) is 0 Å². The summed E-state index contributed by atoms with van der Waals surface area (Å²) in [5.41, 5.74) is 5.00. The average molecular weight is 333 g/mol. The lowest BCUT2D eigenvalue weighted by Gasteiger charge is -2.26. The number of amides is 1. The Hall–Kier alpha value is -0.420. The van der Waals surface area contributed by atoms with E-state index in [2.05, 4.69) is 5.32 Å². The Morgan fingerprint density at radius 3 is 2.95 bits per heavy atom. The van der Waals surface area contributed by atoms with E-state index in [9.17, 15) is 4.79 Å². The number of nitrogens with two attached hydrogens (primary N) is 1. The number of thioether (sulfide) groups is 1. The van der Waals surface area contributed by atoms with Gasteiger partial charge >= 0.3 is 0 Å². The van der Waals surface area contributed by atoms with Crippen LogP contribution in [0.15, 0.2) is 23.1 Å². The summed E-state index contributed by atoms with van der Waals surface area (Å²) in [6.45, 7) is 2.72. The predicted molar refractivity (Wildman–Crippen MR) is 85.6 cm³/mol. The molecule has 2 atom stereocenters. The van der Waals surface area contributed by atoms with Gasteiger partial charge in [0.2, 0.25) is 5.91 Å². The van der Waals surface area contributed by atoms with Gasteiger partial charge in [0.05, 0.1) is 10.6 Å². The van der Waals surface area contributed by atoms with Crippen molar-refractivity contribution < 1.29 is 4.79 Å². The highest BCUT2D eigenvalue weighted by Gasteiger charge is 2.43. The quantitative estimate of drug-likeness (QED) is 0.867. The molecule has 3 nitrogen and oxygen atoms in total. The third-order valence-corrected chi connectivity index (χ3v) is 5.65. The van der Waals surface area contributed by atoms with Crippen LogP contribution in [0.3, 0.4) is 0 Å². The number of primary amides is 1. The van der Waals surface area contributed by atoms with Crippen LogP contribution < -0.4 is 11.1 Å². The SMILES string of the molecule is CCNC1(C(N)=O)CCC(Sc2cc(Cl)ccc2Cl)C1. The van der Waals surface area contributed by atoms with E-state index in [-0.39, 0.29) is 5.91 Å². The summed E-state index contributed by atoms with van der Waals surface area (Å²) >= 11 is 13.9. The molecule has 2 unspecified atom stereocenters.